The lowest BCUT2D eigenvalue weighted by molar-refractivity contribution is 0.0996. The van der Waals surface area contributed by atoms with Crippen molar-refractivity contribution in [2.45, 2.75) is 6.92 Å². The van der Waals surface area contributed by atoms with Gasteiger partial charge in [0.05, 0.1) is 17.0 Å². The number of hydrogen-bond acceptors (Lipinski definition) is 4. The van der Waals surface area contributed by atoms with Crippen molar-refractivity contribution in [3.63, 3.8) is 0 Å². The van der Waals surface area contributed by atoms with Crippen LogP contribution in [0.25, 0.3) is 5.65 Å². The number of aryl methyl sites for hydroxylation is 1. The van der Waals surface area contributed by atoms with Crippen molar-refractivity contribution in [2.24, 2.45) is 0 Å². The largest absolute Gasteiger partial charge is 0.459 e. The molecule has 0 aliphatic carbocycles. The first-order valence-electron chi connectivity index (χ1n) is 6.09. The molecule has 0 fully saturated rings. The molecule has 0 spiro atoms. The summed E-state index contributed by atoms with van der Waals surface area (Å²) in [6, 6.07) is 6.37. The molecule has 0 aliphatic rings. The average Bonchev–Trinajstić information content (AvgIpc) is 2.98. The van der Waals surface area contributed by atoms with Gasteiger partial charge < -0.3 is 9.73 Å². The van der Waals surface area contributed by atoms with E-state index in [0.29, 0.717) is 16.4 Å². The highest BCUT2D eigenvalue weighted by atomic mass is 35.5. The van der Waals surface area contributed by atoms with Gasteiger partial charge in [0.1, 0.15) is 11.3 Å². The van der Waals surface area contributed by atoms with Crippen molar-refractivity contribution in [1.82, 2.24) is 9.38 Å². The first-order valence-corrected chi connectivity index (χ1v) is 6.47. The minimum absolute atomic E-state index is 0.0937. The molecule has 3 aromatic rings. The number of nitrogens with zero attached hydrogens (tertiary/aromatic N) is 2. The molecule has 0 saturated carbocycles. The van der Waals surface area contributed by atoms with Gasteiger partial charge in [-0.05, 0) is 31.2 Å². The summed E-state index contributed by atoms with van der Waals surface area (Å²) >= 11 is 5.88. The minimum Gasteiger partial charge on any atom is -0.459 e. The molecule has 0 saturated heterocycles. The number of furan rings is 1. The van der Waals surface area contributed by atoms with Gasteiger partial charge in [-0.3, -0.25) is 14.0 Å². The molecule has 3 aromatic heterocycles. The third-order valence-electron chi connectivity index (χ3n) is 2.95. The molecule has 1 amide bonds. The van der Waals surface area contributed by atoms with E-state index in [1.54, 1.807) is 25.1 Å². The van der Waals surface area contributed by atoms with Gasteiger partial charge in [0.25, 0.3) is 11.5 Å². The van der Waals surface area contributed by atoms with Crippen molar-refractivity contribution in [3.8, 4) is 0 Å². The van der Waals surface area contributed by atoms with E-state index >= 15 is 0 Å². The van der Waals surface area contributed by atoms with Crippen LogP contribution in [0.5, 0.6) is 0 Å². The molecule has 0 aliphatic heterocycles. The summed E-state index contributed by atoms with van der Waals surface area (Å²) in [7, 11) is 0. The molecular weight excluding hydrogens is 294 g/mol. The highest BCUT2D eigenvalue weighted by Crippen LogP contribution is 2.13. The summed E-state index contributed by atoms with van der Waals surface area (Å²) in [5.41, 5.74) is 0.566. The number of pyridine rings is 1. The number of hydrogen-bond donors (Lipinski definition) is 1. The first-order chi connectivity index (χ1) is 10.1. The zero-order valence-corrected chi connectivity index (χ0v) is 11.7. The van der Waals surface area contributed by atoms with E-state index in [-0.39, 0.29) is 11.4 Å². The molecule has 0 radical (unpaired) electrons. The lowest BCUT2D eigenvalue weighted by atomic mass is 10.3. The van der Waals surface area contributed by atoms with Crippen LogP contribution >= 0.6 is 11.6 Å². The number of amides is 1. The third-order valence-corrected chi connectivity index (χ3v) is 3.17. The first kappa shape index (κ1) is 13.4. The van der Waals surface area contributed by atoms with Crippen LogP contribution in [0.4, 0.5) is 5.69 Å². The van der Waals surface area contributed by atoms with Crippen LogP contribution in [0.3, 0.4) is 0 Å². The van der Waals surface area contributed by atoms with Gasteiger partial charge in [0, 0.05) is 6.20 Å². The predicted molar refractivity (Wildman–Crippen MR) is 77.9 cm³/mol. The fourth-order valence-electron chi connectivity index (χ4n) is 1.95. The van der Waals surface area contributed by atoms with E-state index in [1.165, 1.54) is 22.9 Å². The van der Waals surface area contributed by atoms with Gasteiger partial charge in [0.15, 0.2) is 5.76 Å². The van der Waals surface area contributed by atoms with Crippen LogP contribution in [0.2, 0.25) is 5.02 Å². The standard InChI is InChI=1S/C14H10ClN3O3/c1-8-12(17-13(19)10-3-2-6-21-10)14(20)18-7-9(15)4-5-11(18)16-8/h2-7H,1H3,(H,17,19). The number of carbonyl (C=O) groups is 1. The van der Waals surface area contributed by atoms with E-state index < -0.39 is 11.5 Å². The fourth-order valence-corrected chi connectivity index (χ4v) is 2.11. The van der Waals surface area contributed by atoms with Crippen LogP contribution in [-0.2, 0) is 0 Å². The summed E-state index contributed by atoms with van der Waals surface area (Å²) < 4.78 is 6.28. The second-order valence-corrected chi connectivity index (χ2v) is 4.82. The fraction of sp³-hybridized carbons (Fsp3) is 0.0714. The Morgan fingerprint density at radius 3 is 2.90 bits per heavy atom. The Labute approximate surface area is 124 Å². The highest BCUT2D eigenvalue weighted by Gasteiger charge is 2.15. The van der Waals surface area contributed by atoms with Gasteiger partial charge in [0.2, 0.25) is 0 Å². The van der Waals surface area contributed by atoms with E-state index in [2.05, 4.69) is 10.3 Å². The zero-order chi connectivity index (χ0) is 15.0. The third kappa shape index (κ3) is 2.41. The number of halogens is 1. The Morgan fingerprint density at radius 1 is 1.38 bits per heavy atom. The van der Waals surface area contributed by atoms with Crippen LogP contribution in [0, 0.1) is 6.92 Å². The number of nitrogens with one attached hydrogen (secondary N) is 1. The molecular formula is C14H10ClN3O3. The SMILES string of the molecule is Cc1nc2ccc(Cl)cn2c(=O)c1NC(=O)c1ccco1. The topological polar surface area (TPSA) is 76.6 Å². The van der Waals surface area contributed by atoms with E-state index in [4.69, 9.17) is 16.0 Å². The second-order valence-electron chi connectivity index (χ2n) is 4.38. The molecule has 0 atom stereocenters. The Bertz CT molecular complexity index is 884. The van der Waals surface area contributed by atoms with Crippen LogP contribution in [0.1, 0.15) is 16.2 Å². The molecule has 7 heteroatoms. The molecule has 1 N–H and O–H groups in total. The Hall–Kier alpha value is -2.60. The van der Waals surface area contributed by atoms with Crippen LogP contribution in [-0.4, -0.2) is 15.3 Å². The van der Waals surface area contributed by atoms with Gasteiger partial charge in [-0.2, -0.15) is 0 Å². The summed E-state index contributed by atoms with van der Waals surface area (Å²) in [4.78, 5) is 28.7. The Kier molecular flexibility index (Phi) is 3.23. The Balaban J connectivity index is 2.10. The normalized spacial score (nSPS) is 10.8. The van der Waals surface area contributed by atoms with Gasteiger partial charge in [-0.25, -0.2) is 4.98 Å². The molecule has 106 valence electrons. The number of aromatic nitrogens is 2. The van der Waals surface area contributed by atoms with Gasteiger partial charge >= 0.3 is 0 Å². The number of carbonyl (C=O) groups excluding carboxylic acids is 1. The molecule has 3 rings (SSSR count). The average molecular weight is 304 g/mol. The molecule has 0 unspecified atom stereocenters. The van der Waals surface area contributed by atoms with Crippen LogP contribution < -0.4 is 10.9 Å². The van der Waals surface area contributed by atoms with Crippen molar-refractivity contribution < 1.29 is 9.21 Å². The summed E-state index contributed by atoms with van der Waals surface area (Å²) in [6.45, 7) is 1.65. The van der Waals surface area contributed by atoms with E-state index in [0.717, 1.165) is 0 Å². The van der Waals surface area contributed by atoms with Crippen molar-refractivity contribution >= 4 is 28.8 Å². The maximum atomic E-state index is 12.4. The maximum absolute atomic E-state index is 12.4. The van der Waals surface area contributed by atoms with Crippen LogP contribution in [0.15, 0.2) is 45.9 Å². The quantitative estimate of drug-likeness (QED) is 0.789. The van der Waals surface area contributed by atoms with E-state index in [9.17, 15) is 9.59 Å². The molecule has 3 heterocycles. The molecule has 0 bridgehead atoms. The number of fused-ring (bicyclic) bond motifs is 1. The van der Waals surface area contributed by atoms with Crippen molar-refractivity contribution in [2.75, 3.05) is 5.32 Å². The predicted octanol–water partition coefficient (Wildman–Crippen LogP) is 2.50. The molecule has 0 aromatic carbocycles. The van der Waals surface area contributed by atoms with Gasteiger partial charge in [-0.15, -0.1) is 0 Å². The highest BCUT2D eigenvalue weighted by molar-refractivity contribution is 6.30. The van der Waals surface area contributed by atoms with E-state index in [1.807, 2.05) is 0 Å². The second kappa shape index (κ2) is 5.06. The molecule has 6 nitrogen and oxygen atoms in total. The smallest absolute Gasteiger partial charge is 0.291 e. The summed E-state index contributed by atoms with van der Waals surface area (Å²) in [5.74, 6) is -0.394. The summed E-state index contributed by atoms with van der Waals surface area (Å²) in [5, 5.41) is 2.92. The minimum atomic E-state index is -0.510. The zero-order valence-electron chi connectivity index (χ0n) is 11.0. The Morgan fingerprint density at radius 2 is 2.19 bits per heavy atom. The lowest BCUT2D eigenvalue weighted by Gasteiger charge is -2.08. The van der Waals surface area contributed by atoms with Crippen molar-refractivity contribution in [3.05, 3.63) is 63.6 Å². The van der Waals surface area contributed by atoms with Crippen molar-refractivity contribution in [1.29, 1.82) is 0 Å². The molecule has 21 heavy (non-hydrogen) atoms. The summed E-state index contributed by atoms with van der Waals surface area (Å²) in [6.07, 6.45) is 2.83. The lowest BCUT2D eigenvalue weighted by Crippen LogP contribution is -2.24. The monoisotopic (exact) mass is 303 g/mol. The van der Waals surface area contributed by atoms with Gasteiger partial charge in [-0.1, -0.05) is 11.6 Å². The maximum Gasteiger partial charge on any atom is 0.291 e. The number of anilines is 1. The number of rotatable bonds is 2.